The average Bonchev–Trinajstić information content (AvgIpc) is 3.02. The number of nitrogens with one attached hydrogen (secondary N) is 2. The number of benzene rings is 1. The van der Waals surface area contributed by atoms with Gasteiger partial charge in [0, 0.05) is 12.6 Å². The molecule has 2 aliphatic rings. The fourth-order valence-electron chi connectivity index (χ4n) is 2.20. The molecule has 80 valence electrons. The molecule has 0 radical (unpaired) electrons. The van der Waals surface area contributed by atoms with E-state index in [1.54, 1.807) is 13.0 Å². The van der Waals surface area contributed by atoms with Crippen molar-refractivity contribution in [3.05, 3.63) is 23.5 Å². The summed E-state index contributed by atoms with van der Waals surface area (Å²) in [6.45, 7) is 2.72. The summed E-state index contributed by atoms with van der Waals surface area (Å²) in [6, 6.07) is 4.01. The van der Waals surface area contributed by atoms with Gasteiger partial charge in [-0.3, -0.25) is 0 Å². The molecule has 1 fully saturated rings. The number of halogens is 1. The average molecular weight is 206 g/mol. The first-order valence-corrected chi connectivity index (χ1v) is 5.54. The van der Waals surface area contributed by atoms with Gasteiger partial charge in [-0.25, -0.2) is 4.39 Å². The molecule has 1 unspecified atom stereocenters. The van der Waals surface area contributed by atoms with Crippen molar-refractivity contribution in [2.45, 2.75) is 25.8 Å². The van der Waals surface area contributed by atoms with Crippen LogP contribution in [0.3, 0.4) is 0 Å². The summed E-state index contributed by atoms with van der Waals surface area (Å²) in [5.74, 6) is 0.684. The molecule has 0 bridgehead atoms. The molecule has 0 spiro atoms. The molecule has 0 saturated heterocycles. The minimum absolute atomic E-state index is 0.132. The molecule has 2 N–H and O–H groups in total. The van der Waals surface area contributed by atoms with Crippen LogP contribution in [0, 0.1) is 18.7 Å². The van der Waals surface area contributed by atoms with Gasteiger partial charge in [0.2, 0.25) is 0 Å². The molecule has 1 aliphatic heterocycles. The summed E-state index contributed by atoms with van der Waals surface area (Å²) in [4.78, 5) is 0. The van der Waals surface area contributed by atoms with E-state index in [0.717, 1.165) is 23.8 Å². The van der Waals surface area contributed by atoms with Crippen LogP contribution in [0.4, 0.5) is 15.8 Å². The van der Waals surface area contributed by atoms with Crippen LogP contribution in [0.15, 0.2) is 12.1 Å². The van der Waals surface area contributed by atoms with Crippen LogP contribution in [0.1, 0.15) is 18.4 Å². The standard InChI is InChI=1S/C12H15FN2/c1-7-4-11-10(5-9(7)13)14-6-12(15-11)8-2-3-8/h4-5,8,12,14-15H,2-3,6H2,1H3. The molecule has 2 nitrogen and oxygen atoms in total. The third kappa shape index (κ3) is 1.56. The predicted molar refractivity (Wildman–Crippen MR) is 59.8 cm³/mol. The van der Waals surface area contributed by atoms with E-state index in [4.69, 9.17) is 0 Å². The van der Waals surface area contributed by atoms with Crippen molar-refractivity contribution in [3.8, 4) is 0 Å². The summed E-state index contributed by atoms with van der Waals surface area (Å²) >= 11 is 0. The zero-order valence-electron chi connectivity index (χ0n) is 8.81. The Morgan fingerprint density at radius 3 is 2.80 bits per heavy atom. The monoisotopic (exact) mass is 206 g/mol. The second-order valence-electron chi connectivity index (χ2n) is 4.62. The van der Waals surface area contributed by atoms with Crippen molar-refractivity contribution in [2.75, 3.05) is 17.2 Å². The lowest BCUT2D eigenvalue weighted by Gasteiger charge is -2.28. The molecule has 1 aromatic carbocycles. The maximum absolute atomic E-state index is 13.3. The number of fused-ring (bicyclic) bond motifs is 1. The van der Waals surface area contributed by atoms with Crippen molar-refractivity contribution in [3.63, 3.8) is 0 Å². The van der Waals surface area contributed by atoms with Crippen molar-refractivity contribution in [2.24, 2.45) is 5.92 Å². The molecular formula is C12H15FN2. The van der Waals surface area contributed by atoms with Crippen LogP contribution in [0.25, 0.3) is 0 Å². The molecule has 3 rings (SSSR count). The Balaban J connectivity index is 1.91. The zero-order chi connectivity index (χ0) is 10.4. The third-order valence-corrected chi connectivity index (χ3v) is 3.34. The van der Waals surface area contributed by atoms with Gasteiger partial charge < -0.3 is 10.6 Å². The SMILES string of the molecule is Cc1cc2c(cc1F)NCC(C1CC1)N2. The Kier molecular flexibility index (Phi) is 1.87. The number of rotatable bonds is 1. The van der Waals surface area contributed by atoms with E-state index in [0.29, 0.717) is 11.6 Å². The van der Waals surface area contributed by atoms with Gasteiger partial charge in [0.1, 0.15) is 5.82 Å². The van der Waals surface area contributed by atoms with E-state index in [1.165, 1.54) is 12.8 Å². The number of hydrogen-bond donors (Lipinski definition) is 2. The van der Waals surface area contributed by atoms with Gasteiger partial charge in [0.05, 0.1) is 11.4 Å². The quantitative estimate of drug-likeness (QED) is 0.738. The minimum Gasteiger partial charge on any atom is -0.381 e. The van der Waals surface area contributed by atoms with Crippen molar-refractivity contribution >= 4 is 11.4 Å². The summed E-state index contributed by atoms with van der Waals surface area (Å²) in [7, 11) is 0. The zero-order valence-corrected chi connectivity index (χ0v) is 8.81. The van der Waals surface area contributed by atoms with Crippen LogP contribution < -0.4 is 10.6 Å². The second-order valence-corrected chi connectivity index (χ2v) is 4.62. The molecule has 1 aliphatic carbocycles. The van der Waals surface area contributed by atoms with Gasteiger partial charge in [0.25, 0.3) is 0 Å². The highest BCUT2D eigenvalue weighted by Crippen LogP contribution is 2.38. The van der Waals surface area contributed by atoms with Crippen LogP contribution in [0.5, 0.6) is 0 Å². The fourth-order valence-corrected chi connectivity index (χ4v) is 2.20. The molecular weight excluding hydrogens is 191 g/mol. The molecule has 15 heavy (non-hydrogen) atoms. The molecule has 1 saturated carbocycles. The summed E-state index contributed by atoms with van der Waals surface area (Å²) in [5, 5.41) is 6.80. The van der Waals surface area contributed by atoms with Crippen molar-refractivity contribution in [1.29, 1.82) is 0 Å². The largest absolute Gasteiger partial charge is 0.381 e. The van der Waals surface area contributed by atoms with Crippen LogP contribution in [-0.4, -0.2) is 12.6 Å². The van der Waals surface area contributed by atoms with E-state index >= 15 is 0 Å². The smallest absolute Gasteiger partial charge is 0.128 e. The lowest BCUT2D eigenvalue weighted by atomic mass is 10.1. The number of hydrogen-bond acceptors (Lipinski definition) is 2. The summed E-state index contributed by atoms with van der Waals surface area (Å²) in [6.07, 6.45) is 2.66. The van der Waals surface area contributed by atoms with E-state index in [9.17, 15) is 4.39 Å². The Bertz CT molecular complexity index is 399. The lowest BCUT2D eigenvalue weighted by Crippen LogP contribution is -2.34. The number of aryl methyl sites for hydroxylation is 1. The lowest BCUT2D eigenvalue weighted by molar-refractivity contribution is 0.614. The second kappa shape index (κ2) is 3.12. The fraction of sp³-hybridized carbons (Fsp3) is 0.500. The van der Waals surface area contributed by atoms with Gasteiger partial charge in [-0.1, -0.05) is 0 Å². The van der Waals surface area contributed by atoms with E-state index in [1.807, 2.05) is 6.07 Å². The Labute approximate surface area is 88.9 Å². The molecule has 1 heterocycles. The van der Waals surface area contributed by atoms with E-state index in [-0.39, 0.29) is 5.82 Å². The summed E-state index contributed by atoms with van der Waals surface area (Å²) < 4.78 is 13.3. The highest BCUT2D eigenvalue weighted by Gasteiger charge is 2.33. The van der Waals surface area contributed by atoms with Crippen LogP contribution >= 0.6 is 0 Å². The molecule has 0 amide bonds. The molecule has 3 heteroatoms. The first-order valence-electron chi connectivity index (χ1n) is 5.54. The van der Waals surface area contributed by atoms with Crippen LogP contribution in [0.2, 0.25) is 0 Å². The third-order valence-electron chi connectivity index (χ3n) is 3.34. The van der Waals surface area contributed by atoms with Gasteiger partial charge in [-0.15, -0.1) is 0 Å². The van der Waals surface area contributed by atoms with Gasteiger partial charge in [-0.2, -0.15) is 0 Å². The van der Waals surface area contributed by atoms with E-state index in [2.05, 4.69) is 10.6 Å². The first-order chi connectivity index (χ1) is 7.24. The van der Waals surface area contributed by atoms with Crippen molar-refractivity contribution in [1.82, 2.24) is 0 Å². The molecule has 1 atom stereocenters. The predicted octanol–water partition coefficient (Wildman–Crippen LogP) is 2.75. The summed E-state index contributed by atoms with van der Waals surface area (Å²) in [5.41, 5.74) is 2.66. The topological polar surface area (TPSA) is 24.1 Å². The molecule has 1 aromatic rings. The maximum Gasteiger partial charge on any atom is 0.128 e. The maximum atomic E-state index is 13.3. The Hall–Kier alpha value is -1.25. The first kappa shape index (κ1) is 9.01. The Morgan fingerprint density at radius 2 is 2.07 bits per heavy atom. The van der Waals surface area contributed by atoms with Gasteiger partial charge in [0.15, 0.2) is 0 Å². The van der Waals surface area contributed by atoms with Gasteiger partial charge in [-0.05, 0) is 43.4 Å². The Morgan fingerprint density at radius 1 is 1.27 bits per heavy atom. The van der Waals surface area contributed by atoms with E-state index < -0.39 is 0 Å². The van der Waals surface area contributed by atoms with Crippen LogP contribution in [-0.2, 0) is 0 Å². The molecule has 0 aromatic heterocycles. The van der Waals surface area contributed by atoms with Crippen molar-refractivity contribution < 1.29 is 4.39 Å². The normalized spacial score (nSPS) is 24.0. The minimum atomic E-state index is -0.132. The highest BCUT2D eigenvalue weighted by atomic mass is 19.1. The van der Waals surface area contributed by atoms with Gasteiger partial charge >= 0.3 is 0 Å². The highest BCUT2D eigenvalue weighted by molar-refractivity contribution is 5.72. The number of anilines is 2.